The lowest BCUT2D eigenvalue weighted by molar-refractivity contribution is 0.0926. The van der Waals surface area contributed by atoms with Gasteiger partial charge in [0.25, 0.3) is 11.8 Å². The van der Waals surface area contributed by atoms with E-state index in [1.54, 1.807) is 24.9 Å². The van der Waals surface area contributed by atoms with Crippen molar-refractivity contribution in [2.75, 3.05) is 12.0 Å². The SMILES string of the molecule is COc1ccc(-c2nn(C)c3ncc4c(c23)C(=O)N(c2ccccc2C)C4=O)cc1. The number of pyridine rings is 1. The average molecular weight is 398 g/mol. The summed E-state index contributed by atoms with van der Waals surface area (Å²) >= 11 is 0. The summed E-state index contributed by atoms with van der Waals surface area (Å²) in [5, 5.41) is 5.18. The first-order chi connectivity index (χ1) is 14.5. The standard InChI is InChI=1S/C23H18N4O3/c1-13-6-4-5-7-17(13)27-22(28)16-12-24-21-19(18(16)23(27)29)20(25-26(21)2)14-8-10-15(30-3)11-9-14/h4-12H,1-3H3. The number of ether oxygens (including phenoxy) is 1. The summed E-state index contributed by atoms with van der Waals surface area (Å²) in [6, 6.07) is 14.7. The first kappa shape index (κ1) is 18.1. The third-order valence-corrected chi connectivity index (χ3v) is 5.42. The lowest BCUT2D eigenvalue weighted by Crippen LogP contribution is -2.30. The molecule has 5 rings (SSSR count). The highest BCUT2D eigenvalue weighted by Crippen LogP contribution is 2.38. The van der Waals surface area contributed by atoms with Crippen molar-refractivity contribution < 1.29 is 14.3 Å². The van der Waals surface area contributed by atoms with E-state index in [1.165, 1.54) is 11.1 Å². The summed E-state index contributed by atoms with van der Waals surface area (Å²) in [7, 11) is 3.38. The molecule has 2 amide bonds. The molecule has 0 bridgehead atoms. The number of carbonyl (C=O) groups is 2. The number of rotatable bonds is 3. The summed E-state index contributed by atoms with van der Waals surface area (Å²) in [6.07, 6.45) is 1.47. The fourth-order valence-electron chi connectivity index (χ4n) is 3.91. The molecule has 7 heteroatoms. The average Bonchev–Trinajstić information content (AvgIpc) is 3.23. The van der Waals surface area contributed by atoms with Crippen LogP contribution in [0, 0.1) is 6.92 Å². The maximum Gasteiger partial charge on any atom is 0.267 e. The van der Waals surface area contributed by atoms with E-state index in [2.05, 4.69) is 10.1 Å². The van der Waals surface area contributed by atoms with Gasteiger partial charge in [0.2, 0.25) is 0 Å². The first-order valence-electron chi connectivity index (χ1n) is 9.46. The number of para-hydroxylation sites is 1. The largest absolute Gasteiger partial charge is 0.497 e. The Hall–Kier alpha value is -4.00. The number of aryl methyl sites for hydroxylation is 2. The topological polar surface area (TPSA) is 77.3 Å². The number of benzene rings is 2. The molecule has 2 aromatic carbocycles. The second-order valence-electron chi connectivity index (χ2n) is 7.18. The molecule has 0 spiro atoms. The fraction of sp³-hybridized carbons (Fsp3) is 0.130. The minimum absolute atomic E-state index is 0.290. The van der Waals surface area contributed by atoms with Crippen molar-refractivity contribution in [1.82, 2.24) is 14.8 Å². The predicted octanol–water partition coefficient (Wildman–Crippen LogP) is 3.75. The fourth-order valence-corrected chi connectivity index (χ4v) is 3.91. The summed E-state index contributed by atoms with van der Waals surface area (Å²) in [5.41, 5.74) is 4.01. The van der Waals surface area contributed by atoms with Crippen molar-refractivity contribution in [3.8, 4) is 17.0 Å². The lowest BCUT2D eigenvalue weighted by Gasteiger charge is -2.16. The van der Waals surface area contributed by atoms with Crippen molar-refractivity contribution in [3.63, 3.8) is 0 Å². The molecule has 0 unspecified atom stereocenters. The predicted molar refractivity (Wildman–Crippen MR) is 113 cm³/mol. The molecule has 0 aliphatic carbocycles. The van der Waals surface area contributed by atoms with Crippen LogP contribution in [0.25, 0.3) is 22.3 Å². The van der Waals surface area contributed by atoms with Gasteiger partial charge in [-0.1, -0.05) is 18.2 Å². The number of carbonyl (C=O) groups excluding carboxylic acids is 2. The van der Waals surface area contributed by atoms with Gasteiger partial charge in [-0.3, -0.25) is 9.59 Å². The number of amides is 2. The molecule has 1 aliphatic rings. The van der Waals surface area contributed by atoms with E-state index in [9.17, 15) is 9.59 Å². The van der Waals surface area contributed by atoms with E-state index in [4.69, 9.17) is 4.74 Å². The van der Waals surface area contributed by atoms with Gasteiger partial charge in [0.15, 0.2) is 5.65 Å². The van der Waals surface area contributed by atoms with E-state index in [1.807, 2.05) is 49.4 Å². The van der Waals surface area contributed by atoms with Gasteiger partial charge in [-0.2, -0.15) is 5.10 Å². The molecule has 148 valence electrons. The second kappa shape index (κ2) is 6.52. The Morgan fingerprint density at radius 3 is 2.40 bits per heavy atom. The Labute approximate surface area is 172 Å². The van der Waals surface area contributed by atoms with Gasteiger partial charge >= 0.3 is 0 Å². The Kier molecular flexibility index (Phi) is 3.92. The number of imide groups is 1. The number of methoxy groups -OCH3 is 1. The van der Waals surface area contributed by atoms with Crippen molar-refractivity contribution in [2.45, 2.75) is 6.92 Å². The zero-order chi connectivity index (χ0) is 21.0. The van der Waals surface area contributed by atoms with Crippen LogP contribution in [0.15, 0.2) is 54.7 Å². The molecule has 3 heterocycles. The molecule has 30 heavy (non-hydrogen) atoms. The van der Waals surface area contributed by atoms with Crippen LogP contribution in [0.1, 0.15) is 26.3 Å². The number of hydrogen-bond donors (Lipinski definition) is 0. The van der Waals surface area contributed by atoms with Gasteiger partial charge in [-0.15, -0.1) is 0 Å². The lowest BCUT2D eigenvalue weighted by atomic mass is 10.0. The number of hydrogen-bond acceptors (Lipinski definition) is 5. The van der Waals surface area contributed by atoms with Crippen molar-refractivity contribution in [2.24, 2.45) is 7.05 Å². The van der Waals surface area contributed by atoms with E-state index in [-0.39, 0.29) is 11.8 Å². The summed E-state index contributed by atoms with van der Waals surface area (Å²) in [5.74, 6) is -0.0120. The van der Waals surface area contributed by atoms with Crippen molar-refractivity contribution in [1.29, 1.82) is 0 Å². The quantitative estimate of drug-likeness (QED) is 0.491. The monoisotopic (exact) mass is 398 g/mol. The normalized spacial score (nSPS) is 13.2. The summed E-state index contributed by atoms with van der Waals surface area (Å²) in [6.45, 7) is 1.87. The second-order valence-corrected chi connectivity index (χ2v) is 7.18. The molecule has 0 saturated carbocycles. The van der Waals surface area contributed by atoms with Crippen LogP contribution >= 0.6 is 0 Å². The van der Waals surface area contributed by atoms with Gasteiger partial charge in [-0.05, 0) is 42.8 Å². The van der Waals surface area contributed by atoms with Crippen LogP contribution in [-0.2, 0) is 7.05 Å². The van der Waals surface area contributed by atoms with Crippen LogP contribution in [0.4, 0.5) is 5.69 Å². The number of anilines is 1. The summed E-state index contributed by atoms with van der Waals surface area (Å²) < 4.78 is 6.86. The van der Waals surface area contributed by atoms with Crippen LogP contribution in [0.3, 0.4) is 0 Å². The highest BCUT2D eigenvalue weighted by molar-refractivity contribution is 6.38. The highest BCUT2D eigenvalue weighted by atomic mass is 16.5. The zero-order valence-corrected chi connectivity index (χ0v) is 16.7. The van der Waals surface area contributed by atoms with E-state index < -0.39 is 0 Å². The third kappa shape index (κ3) is 2.45. The van der Waals surface area contributed by atoms with Gasteiger partial charge in [0.1, 0.15) is 11.4 Å². The molecular formula is C23H18N4O3. The van der Waals surface area contributed by atoms with Crippen LogP contribution in [-0.4, -0.2) is 33.7 Å². The Morgan fingerprint density at radius 2 is 1.70 bits per heavy atom. The van der Waals surface area contributed by atoms with E-state index in [0.29, 0.717) is 33.5 Å². The number of fused-ring (bicyclic) bond motifs is 3. The van der Waals surface area contributed by atoms with Crippen LogP contribution in [0.2, 0.25) is 0 Å². The van der Waals surface area contributed by atoms with E-state index in [0.717, 1.165) is 16.9 Å². The molecular weight excluding hydrogens is 380 g/mol. The molecule has 7 nitrogen and oxygen atoms in total. The zero-order valence-electron chi connectivity index (χ0n) is 16.7. The summed E-state index contributed by atoms with van der Waals surface area (Å²) in [4.78, 5) is 32.3. The molecule has 0 atom stereocenters. The van der Waals surface area contributed by atoms with Crippen molar-refractivity contribution >= 4 is 28.5 Å². The van der Waals surface area contributed by atoms with Gasteiger partial charge in [-0.25, -0.2) is 14.6 Å². The van der Waals surface area contributed by atoms with Gasteiger partial charge < -0.3 is 4.74 Å². The number of aromatic nitrogens is 3. The Bertz CT molecular complexity index is 1340. The first-order valence-corrected chi connectivity index (χ1v) is 9.46. The molecule has 4 aromatic rings. The number of nitrogens with zero attached hydrogens (tertiary/aromatic N) is 4. The minimum atomic E-state index is -0.372. The molecule has 0 saturated heterocycles. The minimum Gasteiger partial charge on any atom is -0.497 e. The van der Waals surface area contributed by atoms with E-state index >= 15 is 0 Å². The smallest absolute Gasteiger partial charge is 0.267 e. The molecule has 1 aliphatic heterocycles. The molecule has 0 N–H and O–H groups in total. The molecule has 2 aromatic heterocycles. The van der Waals surface area contributed by atoms with Crippen LogP contribution in [0.5, 0.6) is 5.75 Å². The maximum absolute atomic E-state index is 13.5. The Balaban J connectivity index is 1.75. The highest BCUT2D eigenvalue weighted by Gasteiger charge is 2.40. The van der Waals surface area contributed by atoms with Gasteiger partial charge in [0, 0.05) is 18.8 Å². The third-order valence-electron chi connectivity index (χ3n) is 5.42. The molecule has 0 radical (unpaired) electrons. The van der Waals surface area contributed by atoms with Crippen LogP contribution < -0.4 is 9.64 Å². The van der Waals surface area contributed by atoms with Gasteiger partial charge in [0.05, 0.1) is 29.3 Å². The maximum atomic E-state index is 13.5. The van der Waals surface area contributed by atoms with Crippen molar-refractivity contribution in [3.05, 3.63) is 71.4 Å². The molecule has 0 fully saturated rings. The Morgan fingerprint density at radius 1 is 0.967 bits per heavy atom.